The van der Waals surface area contributed by atoms with Gasteiger partial charge in [-0.2, -0.15) is 0 Å². The van der Waals surface area contributed by atoms with Gasteiger partial charge in [-0.15, -0.1) is 0 Å². The van der Waals surface area contributed by atoms with Gasteiger partial charge in [-0.05, 0) is 24.4 Å². The van der Waals surface area contributed by atoms with Crippen LogP contribution in [0.5, 0.6) is 5.75 Å². The van der Waals surface area contributed by atoms with Crippen LogP contribution in [0.15, 0.2) is 18.2 Å². The van der Waals surface area contributed by atoms with Gasteiger partial charge in [-0.25, -0.2) is 4.79 Å². The highest BCUT2D eigenvalue weighted by atomic mass is 16.5. The predicted molar refractivity (Wildman–Crippen MR) is 58.8 cm³/mol. The van der Waals surface area contributed by atoms with E-state index in [-0.39, 0.29) is 16.8 Å². The maximum atomic E-state index is 11.5. The van der Waals surface area contributed by atoms with E-state index in [4.69, 9.17) is 21.6 Å². The molecule has 1 aromatic rings. The monoisotopic (exact) mass is 229 g/mol. The van der Waals surface area contributed by atoms with E-state index in [1.54, 1.807) is 0 Å². The zero-order valence-corrected chi connectivity index (χ0v) is 8.43. The summed E-state index contributed by atoms with van der Waals surface area (Å²) in [5.74, 6) is -1.17. The van der Waals surface area contributed by atoms with Gasteiger partial charge < -0.3 is 19.5 Å². The van der Waals surface area contributed by atoms with Crippen LogP contribution in [0.3, 0.4) is 0 Å². The zero-order valence-electron chi connectivity index (χ0n) is 13.4. The third-order valence-electron chi connectivity index (χ3n) is 1.88. The van der Waals surface area contributed by atoms with Crippen molar-refractivity contribution in [1.82, 2.24) is 0 Å². The molecule has 0 radical (unpaired) electrons. The van der Waals surface area contributed by atoms with Crippen molar-refractivity contribution in [3.05, 3.63) is 23.8 Å². The van der Waals surface area contributed by atoms with Crippen molar-refractivity contribution in [1.29, 1.82) is 0 Å². The van der Waals surface area contributed by atoms with Crippen molar-refractivity contribution in [2.75, 3.05) is 13.7 Å². The van der Waals surface area contributed by atoms with Gasteiger partial charge in [-0.1, -0.05) is 6.07 Å². The molecule has 6 heteroatoms. The summed E-state index contributed by atoms with van der Waals surface area (Å²) in [4.78, 5) is 11.5. The molecular weight excluding hydrogens is 211 g/mol. The molecule has 0 amide bonds. The van der Waals surface area contributed by atoms with Crippen LogP contribution in [0.2, 0.25) is 0 Å². The summed E-state index contributed by atoms with van der Waals surface area (Å²) in [6, 6.07) is 3.19. The van der Waals surface area contributed by atoms with E-state index in [9.17, 15) is 4.79 Å². The van der Waals surface area contributed by atoms with Gasteiger partial charge in [0.05, 0.1) is 22.0 Å². The van der Waals surface area contributed by atoms with Crippen molar-refractivity contribution < 1.29 is 31.2 Å². The Morgan fingerprint density at radius 1 is 1.62 bits per heavy atom. The van der Waals surface area contributed by atoms with Crippen LogP contribution < -0.4 is 10.2 Å². The lowest BCUT2D eigenvalue weighted by molar-refractivity contribution is 0.0601. The fourth-order valence-electron chi connectivity index (χ4n) is 1.17. The Hall–Kier alpha value is -1.53. The number of carbonyl (C=O) groups is 1. The number of methoxy groups -OCH3 is 1. The van der Waals surface area contributed by atoms with Crippen LogP contribution in [-0.4, -0.2) is 36.8 Å². The van der Waals surface area contributed by atoms with E-state index < -0.39 is 26.5 Å². The summed E-state index contributed by atoms with van der Waals surface area (Å²) < 4.78 is 45.0. The topological polar surface area (TPSA) is 76.0 Å². The Balaban J connectivity index is 3.20. The Kier molecular flexibility index (Phi) is 2.39. The zero-order chi connectivity index (χ0) is 16.4. The standard InChI is InChI=1S/C10H13BO5/c1-3-16-7-4-5-9(11(13)14)8(6-7)10(12)15-2/h4-6,13-14H,3H2,1-2H3/i1D3,3D2. The molecule has 0 spiro atoms. The third-order valence-corrected chi connectivity index (χ3v) is 1.88. The quantitative estimate of drug-likeness (QED) is 0.540. The molecule has 2 N–H and O–H groups in total. The lowest BCUT2D eigenvalue weighted by Crippen LogP contribution is -2.35. The average molecular weight is 229 g/mol. The summed E-state index contributed by atoms with van der Waals surface area (Å²) in [6.07, 6.45) is 0. The van der Waals surface area contributed by atoms with Gasteiger partial charge in [0.15, 0.2) is 0 Å². The van der Waals surface area contributed by atoms with Crippen molar-refractivity contribution in [2.45, 2.75) is 6.85 Å². The van der Waals surface area contributed by atoms with Gasteiger partial charge in [-0.3, -0.25) is 0 Å². The fourth-order valence-corrected chi connectivity index (χ4v) is 1.17. The number of benzene rings is 1. The van der Waals surface area contributed by atoms with Crippen LogP contribution in [-0.2, 0) is 4.74 Å². The van der Waals surface area contributed by atoms with Crippen molar-refractivity contribution in [3.8, 4) is 5.75 Å². The maximum absolute atomic E-state index is 11.5. The van der Waals surface area contributed by atoms with E-state index in [1.807, 2.05) is 0 Å². The highest BCUT2D eigenvalue weighted by Crippen LogP contribution is 2.13. The number of hydrogen-bond donors (Lipinski definition) is 2. The van der Waals surface area contributed by atoms with Gasteiger partial charge in [0.25, 0.3) is 0 Å². The first-order chi connectivity index (χ1) is 9.49. The summed E-state index contributed by atoms with van der Waals surface area (Å²) in [6.45, 7) is -6.01. The minimum Gasteiger partial charge on any atom is -0.494 e. The first-order valence-electron chi connectivity index (χ1n) is 6.77. The number of hydrogen-bond acceptors (Lipinski definition) is 5. The highest BCUT2D eigenvalue weighted by Gasteiger charge is 2.21. The Labute approximate surface area is 101 Å². The molecule has 0 fully saturated rings. The summed E-state index contributed by atoms with van der Waals surface area (Å²) in [5.41, 5.74) is -0.449. The molecule has 0 saturated heterocycles. The lowest BCUT2D eigenvalue weighted by atomic mass is 9.77. The number of carbonyl (C=O) groups excluding carboxylic acids is 1. The van der Waals surface area contributed by atoms with E-state index in [2.05, 4.69) is 4.74 Å². The Morgan fingerprint density at radius 3 is 2.94 bits per heavy atom. The minimum atomic E-state index is -3.03. The molecule has 1 aromatic carbocycles. The molecule has 0 unspecified atom stereocenters. The van der Waals surface area contributed by atoms with E-state index in [0.717, 1.165) is 25.3 Å². The largest absolute Gasteiger partial charge is 0.494 e. The van der Waals surface area contributed by atoms with Crippen LogP contribution in [0, 0.1) is 0 Å². The van der Waals surface area contributed by atoms with Gasteiger partial charge in [0.2, 0.25) is 0 Å². The molecule has 5 nitrogen and oxygen atoms in total. The smallest absolute Gasteiger partial charge is 0.489 e. The second-order valence-corrected chi connectivity index (χ2v) is 2.82. The molecule has 0 saturated carbocycles. The van der Waals surface area contributed by atoms with E-state index >= 15 is 0 Å². The second kappa shape index (κ2) is 5.53. The van der Waals surface area contributed by atoms with E-state index in [1.165, 1.54) is 0 Å². The summed E-state index contributed by atoms with van der Waals surface area (Å²) in [5, 5.41) is 18.3. The molecule has 0 atom stereocenters. The van der Waals surface area contributed by atoms with Gasteiger partial charge in [0.1, 0.15) is 5.75 Å². The van der Waals surface area contributed by atoms with Crippen LogP contribution in [0.25, 0.3) is 0 Å². The van der Waals surface area contributed by atoms with Crippen LogP contribution in [0.1, 0.15) is 24.1 Å². The molecule has 1 rings (SSSR count). The lowest BCUT2D eigenvalue weighted by Gasteiger charge is -2.09. The second-order valence-electron chi connectivity index (χ2n) is 2.82. The van der Waals surface area contributed by atoms with Crippen molar-refractivity contribution >= 4 is 18.6 Å². The third kappa shape index (κ3) is 2.74. The maximum Gasteiger partial charge on any atom is 0.489 e. The molecule has 0 bridgehead atoms. The SMILES string of the molecule is [2H]C([2H])([2H])C([2H])([2H])Oc1ccc(B(O)O)c(C(=O)OC)c1. The molecule has 0 heterocycles. The molecule has 0 aliphatic rings. The number of esters is 1. The van der Waals surface area contributed by atoms with Crippen molar-refractivity contribution in [3.63, 3.8) is 0 Å². The fraction of sp³-hybridized carbons (Fsp3) is 0.300. The minimum absolute atomic E-state index is 0.177. The normalized spacial score (nSPS) is 16.1. The first-order valence-corrected chi connectivity index (χ1v) is 4.27. The number of ether oxygens (including phenoxy) is 2. The summed E-state index contributed by atoms with van der Waals surface area (Å²) in [7, 11) is -0.877. The average Bonchev–Trinajstić information content (AvgIpc) is 2.35. The molecule has 0 aromatic heterocycles. The van der Waals surface area contributed by atoms with Crippen molar-refractivity contribution in [2.24, 2.45) is 0 Å². The first kappa shape index (κ1) is 6.93. The molecule has 16 heavy (non-hydrogen) atoms. The van der Waals surface area contributed by atoms with Crippen LogP contribution >= 0.6 is 0 Å². The number of rotatable bonds is 4. The van der Waals surface area contributed by atoms with Gasteiger partial charge >= 0.3 is 13.1 Å². The molecule has 86 valence electrons. The summed E-state index contributed by atoms with van der Waals surface area (Å²) >= 11 is 0. The Morgan fingerprint density at radius 2 is 2.38 bits per heavy atom. The van der Waals surface area contributed by atoms with Gasteiger partial charge in [0, 0.05) is 4.11 Å². The van der Waals surface area contributed by atoms with Crippen LogP contribution in [0.4, 0.5) is 0 Å². The molecule has 0 aliphatic heterocycles. The predicted octanol–water partition coefficient (Wildman–Crippen LogP) is -0.448. The Bertz CT molecular complexity index is 531. The molecule has 0 aliphatic carbocycles. The van der Waals surface area contributed by atoms with E-state index in [0.29, 0.717) is 0 Å². The molecular formula is C10H13BO5. The highest BCUT2D eigenvalue weighted by molar-refractivity contribution is 6.60.